The van der Waals surface area contributed by atoms with Gasteiger partial charge in [-0.1, -0.05) is 18.7 Å². The number of hydrogen-bond acceptors (Lipinski definition) is 0. The van der Waals surface area contributed by atoms with Crippen molar-refractivity contribution in [1.82, 2.24) is 0 Å². The van der Waals surface area contributed by atoms with Crippen molar-refractivity contribution in [2.24, 2.45) is 5.92 Å². The number of allylic oxidation sites excluding steroid dienone is 3. The summed E-state index contributed by atoms with van der Waals surface area (Å²) in [4.78, 5) is -0.204. The van der Waals surface area contributed by atoms with Crippen LogP contribution in [-0.2, 0) is 0 Å². The number of hydrogen-bond donors (Lipinski definition) is 0. The van der Waals surface area contributed by atoms with Crippen LogP contribution in [0, 0.1) is 5.92 Å². The summed E-state index contributed by atoms with van der Waals surface area (Å²) in [5, 5.41) is 0.0537. The molecule has 2 atom stereocenters. The molecular formula is C10H14Cl2. The molecule has 0 nitrogen and oxygen atoms in total. The van der Waals surface area contributed by atoms with Gasteiger partial charge in [0, 0.05) is 4.87 Å². The summed E-state index contributed by atoms with van der Waals surface area (Å²) in [6, 6.07) is 0. The Morgan fingerprint density at radius 1 is 1.58 bits per heavy atom. The normalized spacial score (nSPS) is 30.8. The highest BCUT2D eigenvalue weighted by molar-refractivity contribution is 6.24. The van der Waals surface area contributed by atoms with E-state index in [9.17, 15) is 0 Å². The molecule has 0 aliphatic heterocycles. The smallest absolute Gasteiger partial charge is 0.0585 e. The Morgan fingerprint density at radius 2 is 2.17 bits per heavy atom. The standard InChI is InChI=1S/C10H14Cl2/c1-7-4-5-8(6-9(7)11)10(2,3)12/h4-5,8-9H,1,6H2,2-3H3/t8-,9+/m0/s1. The molecule has 0 fully saturated rings. The molecule has 0 N–H and O–H groups in total. The van der Waals surface area contributed by atoms with Crippen molar-refractivity contribution in [1.29, 1.82) is 0 Å². The highest BCUT2D eigenvalue weighted by Crippen LogP contribution is 2.35. The first-order valence-electron chi connectivity index (χ1n) is 4.11. The molecule has 0 aromatic carbocycles. The van der Waals surface area contributed by atoms with Crippen molar-refractivity contribution in [2.45, 2.75) is 30.5 Å². The minimum Gasteiger partial charge on any atom is -0.119 e. The van der Waals surface area contributed by atoms with Crippen LogP contribution in [0.3, 0.4) is 0 Å². The van der Waals surface area contributed by atoms with Crippen LogP contribution in [0.2, 0.25) is 0 Å². The van der Waals surface area contributed by atoms with Crippen LogP contribution in [0.25, 0.3) is 0 Å². The van der Waals surface area contributed by atoms with Gasteiger partial charge in [0.2, 0.25) is 0 Å². The Morgan fingerprint density at radius 3 is 2.58 bits per heavy atom. The molecule has 0 saturated carbocycles. The number of halogens is 2. The van der Waals surface area contributed by atoms with Crippen molar-refractivity contribution >= 4 is 23.2 Å². The summed E-state index contributed by atoms with van der Waals surface area (Å²) in [7, 11) is 0. The summed E-state index contributed by atoms with van der Waals surface area (Å²) in [6.45, 7) is 7.88. The number of alkyl halides is 2. The van der Waals surface area contributed by atoms with Crippen molar-refractivity contribution < 1.29 is 0 Å². The molecule has 0 spiro atoms. The van der Waals surface area contributed by atoms with Crippen LogP contribution < -0.4 is 0 Å². The monoisotopic (exact) mass is 204 g/mol. The SMILES string of the molecule is C=C1C=C[C@H](C(C)(C)Cl)C[C@H]1Cl. The van der Waals surface area contributed by atoms with E-state index in [2.05, 4.69) is 12.7 Å². The van der Waals surface area contributed by atoms with Crippen LogP contribution in [0.15, 0.2) is 24.3 Å². The summed E-state index contributed by atoms with van der Waals surface area (Å²) < 4.78 is 0. The third-order valence-electron chi connectivity index (χ3n) is 2.29. The first-order valence-corrected chi connectivity index (χ1v) is 4.92. The van der Waals surface area contributed by atoms with E-state index in [1.54, 1.807) is 0 Å². The second kappa shape index (κ2) is 3.43. The molecule has 0 bridgehead atoms. The quantitative estimate of drug-likeness (QED) is 0.572. The van der Waals surface area contributed by atoms with Gasteiger partial charge in [0.15, 0.2) is 0 Å². The van der Waals surface area contributed by atoms with E-state index in [0.29, 0.717) is 5.92 Å². The maximum Gasteiger partial charge on any atom is 0.0585 e. The fraction of sp³-hybridized carbons (Fsp3) is 0.600. The van der Waals surface area contributed by atoms with Crippen molar-refractivity contribution in [3.8, 4) is 0 Å². The van der Waals surface area contributed by atoms with E-state index in [1.165, 1.54) is 0 Å². The molecule has 0 saturated heterocycles. The summed E-state index contributed by atoms with van der Waals surface area (Å²) in [5.41, 5.74) is 0.994. The van der Waals surface area contributed by atoms with E-state index < -0.39 is 0 Å². The topological polar surface area (TPSA) is 0 Å². The Balaban J connectivity index is 2.74. The van der Waals surface area contributed by atoms with Gasteiger partial charge in [-0.25, -0.2) is 0 Å². The van der Waals surface area contributed by atoms with E-state index in [1.807, 2.05) is 19.9 Å². The van der Waals surface area contributed by atoms with Crippen LogP contribution >= 0.6 is 23.2 Å². The van der Waals surface area contributed by atoms with E-state index >= 15 is 0 Å². The molecule has 2 heteroatoms. The third kappa shape index (κ3) is 2.27. The Labute approximate surface area is 84.2 Å². The zero-order chi connectivity index (χ0) is 9.35. The molecular weight excluding hydrogens is 191 g/mol. The molecule has 68 valence electrons. The van der Waals surface area contributed by atoms with Gasteiger partial charge in [-0.15, -0.1) is 23.2 Å². The Kier molecular flexibility index (Phi) is 2.90. The second-order valence-electron chi connectivity index (χ2n) is 3.81. The van der Waals surface area contributed by atoms with Gasteiger partial charge in [0.25, 0.3) is 0 Å². The molecule has 0 unspecified atom stereocenters. The first kappa shape index (κ1) is 10.1. The van der Waals surface area contributed by atoms with Gasteiger partial charge in [-0.3, -0.25) is 0 Å². The van der Waals surface area contributed by atoms with E-state index in [4.69, 9.17) is 23.2 Å². The molecule has 0 amide bonds. The maximum absolute atomic E-state index is 6.19. The van der Waals surface area contributed by atoms with Crippen LogP contribution in [-0.4, -0.2) is 10.3 Å². The highest BCUT2D eigenvalue weighted by Gasteiger charge is 2.29. The van der Waals surface area contributed by atoms with Crippen molar-refractivity contribution in [3.63, 3.8) is 0 Å². The van der Waals surface area contributed by atoms with Crippen LogP contribution in [0.4, 0.5) is 0 Å². The lowest BCUT2D eigenvalue weighted by Crippen LogP contribution is -2.28. The molecule has 0 aromatic heterocycles. The Bertz CT molecular complexity index is 210. The number of rotatable bonds is 1. The van der Waals surface area contributed by atoms with E-state index in [-0.39, 0.29) is 10.3 Å². The molecule has 0 radical (unpaired) electrons. The van der Waals surface area contributed by atoms with Gasteiger partial charge >= 0.3 is 0 Å². The minimum absolute atomic E-state index is 0.0537. The molecule has 0 aromatic rings. The van der Waals surface area contributed by atoms with Crippen molar-refractivity contribution in [2.75, 3.05) is 0 Å². The fourth-order valence-electron chi connectivity index (χ4n) is 1.31. The molecule has 1 aliphatic rings. The van der Waals surface area contributed by atoms with Gasteiger partial charge in [-0.05, 0) is 31.8 Å². The molecule has 1 rings (SSSR count). The highest BCUT2D eigenvalue weighted by atomic mass is 35.5. The maximum atomic E-state index is 6.19. The first-order chi connectivity index (χ1) is 5.41. The van der Waals surface area contributed by atoms with Gasteiger partial charge in [0.1, 0.15) is 0 Å². The lowest BCUT2D eigenvalue weighted by molar-refractivity contribution is 0.463. The van der Waals surface area contributed by atoms with Crippen molar-refractivity contribution in [3.05, 3.63) is 24.3 Å². The summed E-state index contributed by atoms with van der Waals surface area (Å²) >= 11 is 12.2. The molecule has 12 heavy (non-hydrogen) atoms. The van der Waals surface area contributed by atoms with Gasteiger partial charge < -0.3 is 0 Å². The zero-order valence-electron chi connectivity index (χ0n) is 7.48. The predicted octanol–water partition coefficient (Wildman–Crippen LogP) is 3.74. The van der Waals surface area contributed by atoms with Crippen LogP contribution in [0.5, 0.6) is 0 Å². The zero-order valence-corrected chi connectivity index (χ0v) is 8.99. The lowest BCUT2D eigenvalue weighted by Gasteiger charge is -2.30. The third-order valence-corrected chi connectivity index (χ3v) is 3.03. The summed E-state index contributed by atoms with van der Waals surface area (Å²) in [5.74, 6) is 0.354. The predicted molar refractivity (Wildman–Crippen MR) is 56.0 cm³/mol. The average molecular weight is 205 g/mol. The lowest BCUT2D eigenvalue weighted by atomic mass is 9.84. The fourth-order valence-corrected chi connectivity index (χ4v) is 1.73. The average Bonchev–Trinajstić information content (AvgIpc) is 1.92. The minimum atomic E-state index is -0.204. The van der Waals surface area contributed by atoms with Crippen LogP contribution in [0.1, 0.15) is 20.3 Å². The second-order valence-corrected chi connectivity index (χ2v) is 5.31. The summed E-state index contributed by atoms with van der Waals surface area (Å²) in [6.07, 6.45) is 4.98. The molecule has 1 aliphatic carbocycles. The Hall–Kier alpha value is 0.0600. The van der Waals surface area contributed by atoms with Gasteiger partial charge in [-0.2, -0.15) is 0 Å². The largest absolute Gasteiger partial charge is 0.119 e. The van der Waals surface area contributed by atoms with E-state index in [0.717, 1.165) is 12.0 Å². The van der Waals surface area contributed by atoms with Gasteiger partial charge in [0.05, 0.1) is 5.38 Å². The molecule has 0 heterocycles.